The maximum absolute atomic E-state index is 13.0. The van der Waals surface area contributed by atoms with Gasteiger partial charge in [-0.2, -0.15) is 0 Å². The minimum absolute atomic E-state index is 0.314. The third-order valence-corrected chi connectivity index (χ3v) is 4.66. The number of anilines is 3. The van der Waals surface area contributed by atoms with E-state index in [4.69, 9.17) is 9.72 Å². The fraction of sp³-hybridized carbons (Fsp3) is 0.238. The molecule has 1 aromatic carbocycles. The van der Waals surface area contributed by atoms with Crippen LogP contribution in [0.25, 0.3) is 11.3 Å². The Kier molecular flexibility index (Phi) is 5.24. The van der Waals surface area contributed by atoms with Crippen LogP contribution in [0.3, 0.4) is 0 Å². The number of hydrogen-bond donors (Lipinski definition) is 2. The van der Waals surface area contributed by atoms with Gasteiger partial charge in [0.15, 0.2) is 11.6 Å². The molecule has 0 bridgehead atoms. The molecule has 2 amide bonds. The average molecular weight is 390 g/mol. The van der Waals surface area contributed by atoms with E-state index in [9.17, 15) is 4.79 Å². The molecule has 0 fully saturated rings. The lowest BCUT2D eigenvalue weighted by Crippen LogP contribution is -2.36. The zero-order chi connectivity index (χ0) is 20.2. The second kappa shape index (κ2) is 8.14. The monoisotopic (exact) mass is 390 g/mol. The summed E-state index contributed by atoms with van der Waals surface area (Å²) >= 11 is 0. The molecular weight excluding hydrogens is 368 g/mol. The molecule has 1 aliphatic heterocycles. The molecule has 0 radical (unpaired) electrons. The number of urea groups is 1. The standard InChI is InChI=1S/C21H22N6O2/c1-14-5-3-6-15(11-14)16-12-17(29-2)19-20(25-16)27(10-4-7-24-19)21(28)26-18-13-22-8-9-23-18/h3,5-6,8-9,11-13,24H,4,7,10H2,1-2H3,(H,23,26,28). The van der Waals surface area contributed by atoms with Crippen molar-refractivity contribution in [3.63, 3.8) is 0 Å². The number of benzene rings is 1. The van der Waals surface area contributed by atoms with E-state index in [1.807, 2.05) is 31.2 Å². The van der Waals surface area contributed by atoms with Crippen LogP contribution in [0.2, 0.25) is 0 Å². The number of aryl methyl sites for hydroxylation is 1. The van der Waals surface area contributed by atoms with Gasteiger partial charge in [0.2, 0.25) is 0 Å². The summed E-state index contributed by atoms with van der Waals surface area (Å²) in [4.78, 5) is 27.6. The Bertz CT molecular complexity index is 1020. The van der Waals surface area contributed by atoms with Gasteiger partial charge in [0, 0.05) is 37.1 Å². The molecule has 0 atom stereocenters. The number of amides is 2. The van der Waals surface area contributed by atoms with Crippen molar-refractivity contribution < 1.29 is 9.53 Å². The molecule has 2 N–H and O–H groups in total. The number of ether oxygens (including phenoxy) is 1. The number of aromatic nitrogens is 3. The van der Waals surface area contributed by atoms with Gasteiger partial charge in [-0.15, -0.1) is 0 Å². The molecule has 29 heavy (non-hydrogen) atoms. The van der Waals surface area contributed by atoms with Crippen LogP contribution in [0.4, 0.5) is 22.1 Å². The molecule has 148 valence electrons. The van der Waals surface area contributed by atoms with Crippen LogP contribution in [0, 0.1) is 6.92 Å². The maximum Gasteiger partial charge on any atom is 0.328 e. The average Bonchev–Trinajstić information content (AvgIpc) is 2.96. The summed E-state index contributed by atoms with van der Waals surface area (Å²) in [6, 6.07) is 9.65. The lowest BCUT2D eigenvalue weighted by molar-refractivity contribution is 0.256. The van der Waals surface area contributed by atoms with Crippen molar-refractivity contribution in [2.45, 2.75) is 13.3 Å². The third-order valence-electron chi connectivity index (χ3n) is 4.66. The molecule has 2 aromatic heterocycles. The fourth-order valence-corrected chi connectivity index (χ4v) is 3.28. The molecular formula is C21H22N6O2. The van der Waals surface area contributed by atoms with Gasteiger partial charge in [0.25, 0.3) is 0 Å². The van der Waals surface area contributed by atoms with Crippen LogP contribution in [0.15, 0.2) is 48.9 Å². The first-order valence-electron chi connectivity index (χ1n) is 9.40. The van der Waals surface area contributed by atoms with Gasteiger partial charge in [-0.3, -0.25) is 15.2 Å². The van der Waals surface area contributed by atoms with Crippen LogP contribution in [-0.4, -0.2) is 41.2 Å². The normalized spacial score (nSPS) is 13.1. The Morgan fingerprint density at radius 2 is 2.17 bits per heavy atom. The molecule has 3 heterocycles. The molecule has 0 saturated carbocycles. The highest BCUT2D eigenvalue weighted by molar-refractivity contribution is 6.03. The van der Waals surface area contributed by atoms with E-state index in [0.717, 1.165) is 23.2 Å². The Morgan fingerprint density at radius 3 is 2.93 bits per heavy atom. The highest BCUT2D eigenvalue weighted by Crippen LogP contribution is 2.38. The van der Waals surface area contributed by atoms with Gasteiger partial charge in [0.05, 0.1) is 19.0 Å². The number of carbonyl (C=O) groups is 1. The van der Waals surface area contributed by atoms with E-state index >= 15 is 0 Å². The second-order valence-corrected chi connectivity index (χ2v) is 6.73. The Morgan fingerprint density at radius 1 is 1.28 bits per heavy atom. The summed E-state index contributed by atoms with van der Waals surface area (Å²) in [7, 11) is 1.62. The van der Waals surface area contributed by atoms with Crippen molar-refractivity contribution in [3.05, 3.63) is 54.5 Å². The molecule has 0 aliphatic carbocycles. The number of nitrogens with one attached hydrogen (secondary N) is 2. The first kappa shape index (κ1) is 18.7. The minimum Gasteiger partial charge on any atom is -0.494 e. The smallest absolute Gasteiger partial charge is 0.328 e. The predicted molar refractivity (Wildman–Crippen MR) is 112 cm³/mol. The molecule has 8 nitrogen and oxygen atoms in total. The van der Waals surface area contributed by atoms with E-state index in [1.165, 1.54) is 12.4 Å². The SMILES string of the molecule is COc1cc(-c2cccc(C)c2)nc2c1NCCCN2C(=O)Nc1cnccn1. The Labute approximate surface area is 169 Å². The van der Waals surface area contributed by atoms with Crippen LogP contribution in [0.5, 0.6) is 5.75 Å². The topological polar surface area (TPSA) is 92.3 Å². The van der Waals surface area contributed by atoms with Crippen LogP contribution < -0.4 is 20.3 Å². The number of fused-ring (bicyclic) bond motifs is 1. The number of rotatable bonds is 3. The van der Waals surface area contributed by atoms with Crippen molar-refractivity contribution in [1.82, 2.24) is 15.0 Å². The summed E-state index contributed by atoms with van der Waals surface area (Å²) in [5, 5.41) is 6.14. The second-order valence-electron chi connectivity index (χ2n) is 6.73. The third kappa shape index (κ3) is 3.96. The van der Waals surface area contributed by atoms with Gasteiger partial charge >= 0.3 is 6.03 Å². The Balaban J connectivity index is 1.77. The van der Waals surface area contributed by atoms with Crippen LogP contribution >= 0.6 is 0 Å². The molecule has 8 heteroatoms. The van der Waals surface area contributed by atoms with Crippen molar-refractivity contribution in [2.75, 3.05) is 35.7 Å². The van der Waals surface area contributed by atoms with E-state index < -0.39 is 0 Å². The molecule has 4 rings (SSSR count). The Hall–Kier alpha value is -3.68. The largest absolute Gasteiger partial charge is 0.494 e. The van der Waals surface area contributed by atoms with Crippen molar-refractivity contribution in [2.24, 2.45) is 0 Å². The molecule has 0 unspecified atom stereocenters. The van der Waals surface area contributed by atoms with Gasteiger partial charge in [-0.1, -0.05) is 23.8 Å². The van der Waals surface area contributed by atoms with Gasteiger partial charge in [-0.05, 0) is 19.4 Å². The number of carbonyl (C=O) groups excluding carboxylic acids is 1. The highest BCUT2D eigenvalue weighted by atomic mass is 16.5. The number of nitrogens with zero attached hydrogens (tertiary/aromatic N) is 4. The van der Waals surface area contributed by atoms with Crippen LogP contribution in [-0.2, 0) is 0 Å². The zero-order valence-corrected chi connectivity index (χ0v) is 16.3. The highest BCUT2D eigenvalue weighted by Gasteiger charge is 2.26. The summed E-state index contributed by atoms with van der Waals surface area (Å²) in [6.45, 7) is 3.26. The number of pyridine rings is 1. The molecule has 3 aromatic rings. The number of hydrogen-bond acceptors (Lipinski definition) is 6. The van der Waals surface area contributed by atoms with Gasteiger partial charge in [-0.25, -0.2) is 14.8 Å². The summed E-state index contributed by atoms with van der Waals surface area (Å²) < 4.78 is 5.62. The van der Waals surface area contributed by atoms with Crippen molar-refractivity contribution in [3.8, 4) is 17.0 Å². The lowest BCUT2D eigenvalue weighted by atomic mass is 10.1. The van der Waals surface area contributed by atoms with E-state index in [1.54, 1.807) is 18.2 Å². The van der Waals surface area contributed by atoms with Gasteiger partial charge in [0.1, 0.15) is 11.4 Å². The van der Waals surface area contributed by atoms with Crippen molar-refractivity contribution >= 4 is 23.4 Å². The molecule has 1 aliphatic rings. The van der Waals surface area contributed by atoms with E-state index in [-0.39, 0.29) is 6.03 Å². The quantitative estimate of drug-likeness (QED) is 0.708. The van der Waals surface area contributed by atoms with Crippen LogP contribution in [0.1, 0.15) is 12.0 Å². The summed E-state index contributed by atoms with van der Waals surface area (Å²) in [5.74, 6) is 1.56. The first-order chi connectivity index (χ1) is 14.2. The zero-order valence-electron chi connectivity index (χ0n) is 16.3. The van der Waals surface area contributed by atoms with E-state index in [0.29, 0.717) is 36.2 Å². The van der Waals surface area contributed by atoms with Crippen molar-refractivity contribution in [1.29, 1.82) is 0 Å². The number of methoxy groups -OCH3 is 1. The van der Waals surface area contributed by atoms with Gasteiger partial charge < -0.3 is 10.1 Å². The van der Waals surface area contributed by atoms with E-state index in [2.05, 4.69) is 26.7 Å². The fourth-order valence-electron chi connectivity index (χ4n) is 3.28. The summed E-state index contributed by atoms with van der Waals surface area (Å²) in [6.07, 6.45) is 5.37. The maximum atomic E-state index is 13.0. The minimum atomic E-state index is -0.314. The lowest BCUT2D eigenvalue weighted by Gasteiger charge is -2.23. The predicted octanol–water partition coefficient (Wildman–Crippen LogP) is 3.71. The first-order valence-corrected chi connectivity index (χ1v) is 9.40. The molecule has 0 spiro atoms. The summed E-state index contributed by atoms with van der Waals surface area (Å²) in [5.41, 5.74) is 3.54. The molecule has 0 saturated heterocycles.